The number of nitrogens with zero attached hydrogens (tertiary/aromatic N) is 2. The van der Waals surface area contributed by atoms with Crippen LogP contribution in [0.5, 0.6) is 5.75 Å². The van der Waals surface area contributed by atoms with E-state index < -0.39 is 10.5 Å². The van der Waals surface area contributed by atoms with E-state index in [1.165, 1.54) is 18.5 Å². The molecule has 0 spiro atoms. The minimum Gasteiger partial charge on any atom is -0.482 e. The average Bonchev–Trinajstić information content (AvgIpc) is 2.48. The predicted octanol–water partition coefficient (Wildman–Crippen LogP) is 0.962. The van der Waals surface area contributed by atoms with Crippen molar-refractivity contribution in [2.75, 3.05) is 13.1 Å². The molecule has 0 unspecified atom stereocenters. The molecule has 0 saturated carbocycles. The molecule has 1 fully saturated rings. The third kappa shape index (κ3) is 2.70. The van der Waals surface area contributed by atoms with Crippen LogP contribution in [0.2, 0.25) is 0 Å². The number of aromatic nitrogens is 2. The molecule has 1 saturated heterocycles. The van der Waals surface area contributed by atoms with Crippen LogP contribution in [0, 0.1) is 10.1 Å². The van der Waals surface area contributed by atoms with E-state index in [1.807, 2.05) is 0 Å². The van der Waals surface area contributed by atoms with Crippen molar-refractivity contribution in [3.8, 4) is 5.75 Å². The van der Waals surface area contributed by atoms with Crippen molar-refractivity contribution in [1.82, 2.24) is 15.3 Å². The summed E-state index contributed by atoms with van der Waals surface area (Å²) < 4.78 is 5.74. The van der Waals surface area contributed by atoms with Crippen molar-refractivity contribution in [1.29, 1.82) is 0 Å². The number of hydrogen-bond donors (Lipinski definition) is 2. The Hall–Kier alpha value is -2.48. The molecule has 1 aliphatic rings. The third-order valence-corrected chi connectivity index (χ3v) is 3.46. The standard InChI is InChI=1S/C13H14N4O4/c18-13-9-4-11(17(19)20)12(5-10(9)15-7-16-13)21-8-2-1-3-14-6-8/h4-5,7-8,14H,1-3,6H2,(H,15,16,18)/t8-/m0/s1. The van der Waals surface area contributed by atoms with Gasteiger partial charge in [0.05, 0.1) is 22.2 Å². The van der Waals surface area contributed by atoms with E-state index in [9.17, 15) is 14.9 Å². The molecule has 2 aromatic rings. The molecule has 21 heavy (non-hydrogen) atoms. The van der Waals surface area contributed by atoms with E-state index in [2.05, 4.69) is 15.3 Å². The van der Waals surface area contributed by atoms with Gasteiger partial charge in [0.25, 0.3) is 5.56 Å². The van der Waals surface area contributed by atoms with Crippen LogP contribution in [0.25, 0.3) is 10.9 Å². The van der Waals surface area contributed by atoms with Crippen molar-refractivity contribution in [3.63, 3.8) is 0 Å². The van der Waals surface area contributed by atoms with Gasteiger partial charge in [-0.2, -0.15) is 0 Å². The molecule has 2 N–H and O–H groups in total. The van der Waals surface area contributed by atoms with Crippen LogP contribution in [0.1, 0.15) is 12.8 Å². The summed E-state index contributed by atoms with van der Waals surface area (Å²) in [5, 5.41) is 14.6. The van der Waals surface area contributed by atoms with Gasteiger partial charge in [0.2, 0.25) is 0 Å². The predicted molar refractivity (Wildman–Crippen MR) is 75.5 cm³/mol. The summed E-state index contributed by atoms with van der Waals surface area (Å²) in [6, 6.07) is 2.67. The molecule has 1 atom stereocenters. The van der Waals surface area contributed by atoms with E-state index in [4.69, 9.17) is 4.74 Å². The average molecular weight is 290 g/mol. The van der Waals surface area contributed by atoms with Crippen molar-refractivity contribution in [2.24, 2.45) is 0 Å². The number of benzene rings is 1. The Labute approximate surface area is 119 Å². The summed E-state index contributed by atoms with van der Waals surface area (Å²) in [6.07, 6.45) is 2.95. The van der Waals surface area contributed by atoms with E-state index in [-0.39, 0.29) is 22.9 Å². The zero-order valence-electron chi connectivity index (χ0n) is 11.2. The van der Waals surface area contributed by atoms with Gasteiger partial charge in [-0.05, 0) is 19.4 Å². The molecule has 0 radical (unpaired) electrons. The van der Waals surface area contributed by atoms with Gasteiger partial charge < -0.3 is 15.0 Å². The van der Waals surface area contributed by atoms with Crippen LogP contribution in [-0.2, 0) is 0 Å². The molecule has 1 aliphatic heterocycles. The maximum absolute atomic E-state index is 11.7. The zero-order valence-corrected chi connectivity index (χ0v) is 11.2. The second-order valence-electron chi connectivity index (χ2n) is 4.91. The number of piperidine rings is 1. The quantitative estimate of drug-likeness (QED) is 0.643. The first-order chi connectivity index (χ1) is 10.1. The first kappa shape index (κ1) is 13.5. The Morgan fingerprint density at radius 2 is 2.29 bits per heavy atom. The highest BCUT2D eigenvalue weighted by Gasteiger charge is 2.22. The topological polar surface area (TPSA) is 110 Å². The van der Waals surface area contributed by atoms with Crippen LogP contribution in [-0.4, -0.2) is 34.1 Å². The second kappa shape index (κ2) is 5.49. The highest BCUT2D eigenvalue weighted by Crippen LogP contribution is 2.31. The summed E-state index contributed by atoms with van der Waals surface area (Å²) in [5.74, 6) is 0.152. The molecule has 8 nitrogen and oxygen atoms in total. The monoisotopic (exact) mass is 290 g/mol. The number of H-pyrrole nitrogens is 1. The molecule has 1 aromatic carbocycles. The third-order valence-electron chi connectivity index (χ3n) is 3.46. The smallest absolute Gasteiger partial charge is 0.311 e. The molecule has 8 heteroatoms. The van der Waals surface area contributed by atoms with Crippen LogP contribution in [0.15, 0.2) is 23.3 Å². The fourth-order valence-electron chi connectivity index (χ4n) is 2.42. The molecular formula is C13H14N4O4. The van der Waals surface area contributed by atoms with Crippen molar-refractivity contribution in [3.05, 3.63) is 38.9 Å². The van der Waals surface area contributed by atoms with E-state index in [0.29, 0.717) is 12.1 Å². The van der Waals surface area contributed by atoms with Gasteiger partial charge in [-0.15, -0.1) is 0 Å². The van der Waals surface area contributed by atoms with E-state index >= 15 is 0 Å². The lowest BCUT2D eigenvalue weighted by molar-refractivity contribution is -0.385. The van der Waals surface area contributed by atoms with Crippen LogP contribution >= 0.6 is 0 Å². The van der Waals surface area contributed by atoms with Gasteiger partial charge >= 0.3 is 5.69 Å². The largest absolute Gasteiger partial charge is 0.482 e. The summed E-state index contributed by atoms with van der Waals surface area (Å²) >= 11 is 0. The Balaban J connectivity index is 2.05. The van der Waals surface area contributed by atoms with Gasteiger partial charge in [0.15, 0.2) is 5.75 Å². The summed E-state index contributed by atoms with van der Waals surface area (Å²) in [4.78, 5) is 28.8. The Kier molecular flexibility index (Phi) is 3.53. The van der Waals surface area contributed by atoms with Gasteiger partial charge in [-0.25, -0.2) is 4.98 Å². The number of rotatable bonds is 3. The number of fused-ring (bicyclic) bond motifs is 1. The molecule has 110 valence electrons. The molecule has 3 rings (SSSR count). The van der Waals surface area contributed by atoms with Crippen LogP contribution in [0.4, 0.5) is 5.69 Å². The lowest BCUT2D eigenvalue weighted by Crippen LogP contribution is -2.37. The van der Waals surface area contributed by atoms with Gasteiger partial charge in [0.1, 0.15) is 6.10 Å². The molecule has 0 aliphatic carbocycles. The lowest BCUT2D eigenvalue weighted by Gasteiger charge is -2.23. The van der Waals surface area contributed by atoms with Crippen molar-refractivity contribution in [2.45, 2.75) is 18.9 Å². The maximum Gasteiger partial charge on any atom is 0.311 e. The minimum absolute atomic E-state index is 0.114. The minimum atomic E-state index is -0.544. The van der Waals surface area contributed by atoms with Gasteiger partial charge in [-0.1, -0.05) is 0 Å². The highest BCUT2D eigenvalue weighted by molar-refractivity contribution is 5.82. The van der Waals surface area contributed by atoms with E-state index in [1.54, 1.807) is 0 Å². The Morgan fingerprint density at radius 1 is 1.43 bits per heavy atom. The van der Waals surface area contributed by atoms with Crippen LogP contribution in [0.3, 0.4) is 0 Å². The fourth-order valence-corrected chi connectivity index (χ4v) is 2.42. The number of nitro benzene ring substituents is 1. The van der Waals surface area contributed by atoms with Gasteiger partial charge in [0, 0.05) is 18.7 Å². The molecular weight excluding hydrogens is 276 g/mol. The maximum atomic E-state index is 11.7. The molecule has 0 bridgehead atoms. The fraction of sp³-hybridized carbons (Fsp3) is 0.385. The lowest BCUT2D eigenvalue weighted by atomic mass is 10.1. The zero-order chi connectivity index (χ0) is 14.8. The normalized spacial score (nSPS) is 18.6. The number of aromatic amines is 1. The number of ether oxygens (including phenoxy) is 1. The van der Waals surface area contributed by atoms with Crippen molar-refractivity contribution >= 4 is 16.6 Å². The second-order valence-corrected chi connectivity index (χ2v) is 4.91. The number of hydrogen-bond acceptors (Lipinski definition) is 6. The summed E-state index contributed by atoms with van der Waals surface area (Å²) in [7, 11) is 0. The summed E-state index contributed by atoms with van der Waals surface area (Å²) in [5.41, 5.74) is -0.247. The first-order valence-electron chi connectivity index (χ1n) is 6.68. The molecule has 1 aromatic heterocycles. The number of nitrogens with one attached hydrogen (secondary N) is 2. The first-order valence-corrected chi connectivity index (χ1v) is 6.68. The van der Waals surface area contributed by atoms with Crippen molar-refractivity contribution < 1.29 is 9.66 Å². The summed E-state index contributed by atoms with van der Waals surface area (Å²) in [6.45, 7) is 1.58. The van der Waals surface area contributed by atoms with E-state index in [0.717, 1.165) is 19.4 Å². The Morgan fingerprint density at radius 3 is 3.00 bits per heavy atom. The molecule has 0 amide bonds. The number of nitro groups is 1. The molecule has 2 heterocycles. The van der Waals surface area contributed by atoms with Crippen LogP contribution < -0.4 is 15.6 Å². The highest BCUT2D eigenvalue weighted by atomic mass is 16.6. The van der Waals surface area contributed by atoms with Gasteiger partial charge in [-0.3, -0.25) is 14.9 Å². The SMILES string of the molecule is O=c1[nH]cnc2cc(O[C@H]3CCCNC3)c([N+](=O)[O-])cc12. The Bertz CT molecular complexity index is 737.